The molecule has 2 aromatic carbocycles. The molecular formula is C29H35N5O4. The average molecular weight is 518 g/mol. The van der Waals surface area contributed by atoms with Crippen molar-refractivity contribution in [3.8, 4) is 5.75 Å². The van der Waals surface area contributed by atoms with Gasteiger partial charge < -0.3 is 24.8 Å². The predicted octanol–water partition coefficient (Wildman–Crippen LogP) is 3.11. The van der Waals surface area contributed by atoms with E-state index in [4.69, 9.17) is 4.74 Å². The molecule has 0 bridgehead atoms. The summed E-state index contributed by atoms with van der Waals surface area (Å²) in [5.74, 6) is -0.301. The first-order chi connectivity index (χ1) is 18.3. The summed E-state index contributed by atoms with van der Waals surface area (Å²) in [6.07, 6.45) is 2.81. The number of carbonyl (C=O) groups excluding carboxylic acids is 3. The topological polar surface area (TPSA) is 106 Å². The van der Waals surface area contributed by atoms with Gasteiger partial charge in [0, 0.05) is 19.6 Å². The number of carbonyl (C=O) groups is 3. The number of amides is 3. The van der Waals surface area contributed by atoms with Gasteiger partial charge in [0.2, 0.25) is 5.91 Å². The second-order valence-corrected chi connectivity index (χ2v) is 9.82. The molecule has 0 unspecified atom stereocenters. The SMILES string of the molecule is CCCN1C(=O)c2c(C(=O)NCCc3ccc(C)cc3)ncn2C[C@@]1(C)C(=O)NCc1ccc(OC)cc1. The lowest BCUT2D eigenvalue weighted by Crippen LogP contribution is -2.64. The second-order valence-electron chi connectivity index (χ2n) is 9.82. The first-order valence-corrected chi connectivity index (χ1v) is 12.9. The number of hydrogen-bond acceptors (Lipinski definition) is 5. The van der Waals surface area contributed by atoms with Crippen molar-refractivity contribution in [2.24, 2.45) is 0 Å². The lowest BCUT2D eigenvalue weighted by Gasteiger charge is -2.43. The molecule has 0 saturated heterocycles. The molecule has 1 atom stereocenters. The minimum atomic E-state index is -1.13. The number of ether oxygens (including phenoxy) is 1. The first kappa shape index (κ1) is 26.9. The van der Waals surface area contributed by atoms with E-state index in [2.05, 4.69) is 15.6 Å². The fourth-order valence-electron chi connectivity index (χ4n) is 4.70. The van der Waals surface area contributed by atoms with Crippen molar-refractivity contribution >= 4 is 17.7 Å². The Hall–Kier alpha value is -4.14. The summed E-state index contributed by atoms with van der Waals surface area (Å²) in [6, 6.07) is 15.6. The Kier molecular flexibility index (Phi) is 8.14. The van der Waals surface area contributed by atoms with E-state index in [-0.39, 0.29) is 29.7 Å². The van der Waals surface area contributed by atoms with Crippen LogP contribution in [0.3, 0.4) is 0 Å². The molecule has 2 heterocycles. The molecule has 1 aliphatic rings. The zero-order valence-electron chi connectivity index (χ0n) is 22.4. The van der Waals surface area contributed by atoms with Crippen LogP contribution in [0.2, 0.25) is 0 Å². The number of fused-ring (bicyclic) bond motifs is 1. The third kappa shape index (κ3) is 5.56. The summed E-state index contributed by atoms with van der Waals surface area (Å²) in [4.78, 5) is 46.0. The van der Waals surface area contributed by atoms with Crippen molar-refractivity contribution in [1.29, 1.82) is 0 Å². The Labute approximate surface area is 223 Å². The Bertz CT molecular complexity index is 1300. The van der Waals surface area contributed by atoms with Gasteiger partial charge in [-0.2, -0.15) is 0 Å². The summed E-state index contributed by atoms with van der Waals surface area (Å²) in [5, 5.41) is 5.86. The summed E-state index contributed by atoms with van der Waals surface area (Å²) < 4.78 is 6.81. The van der Waals surface area contributed by atoms with Crippen LogP contribution >= 0.6 is 0 Å². The maximum Gasteiger partial charge on any atom is 0.273 e. The molecule has 9 nitrogen and oxygen atoms in total. The molecule has 200 valence electrons. The lowest BCUT2D eigenvalue weighted by atomic mass is 9.93. The number of imidazole rings is 1. The van der Waals surface area contributed by atoms with Gasteiger partial charge in [-0.3, -0.25) is 14.4 Å². The van der Waals surface area contributed by atoms with E-state index in [1.807, 2.05) is 62.4 Å². The van der Waals surface area contributed by atoms with E-state index >= 15 is 0 Å². The molecule has 3 aromatic rings. The maximum atomic E-state index is 13.7. The van der Waals surface area contributed by atoms with Crippen LogP contribution in [0.4, 0.5) is 0 Å². The number of nitrogens with zero attached hydrogens (tertiary/aromatic N) is 3. The predicted molar refractivity (Wildman–Crippen MR) is 144 cm³/mol. The van der Waals surface area contributed by atoms with Gasteiger partial charge in [-0.05, 0) is 49.9 Å². The molecule has 1 aliphatic heterocycles. The second kappa shape index (κ2) is 11.5. The van der Waals surface area contributed by atoms with Gasteiger partial charge in [-0.25, -0.2) is 4.98 Å². The quantitative estimate of drug-likeness (QED) is 0.430. The van der Waals surface area contributed by atoms with Crippen LogP contribution in [-0.2, 0) is 24.3 Å². The van der Waals surface area contributed by atoms with E-state index in [9.17, 15) is 14.4 Å². The van der Waals surface area contributed by atoms with E-state index < -0.39 is 11.4 Å². The van der Waals surface area contributed by atoms with Crippen molar-refractivity contribution in [3.05, 3.63) is 82.9 Å². The molecule has 9 heteroatoms. The largest absolute Gasteiger partial charge is 0.497 e. The van der Waals surface area contributed by atoms with Crippen molar-refractivity contribution < 1.29 is 19.1 Å². The molecule has 3 amide bonds. The molecule has 1 aromatic heterocycles. The number of rotatable bonds is 10. The van der Waals surface area contributed by atoms with Gasteiger partial charge >= 0.3 is 0 Å². The molecule has 0 aliphatic carbocycles. The highest BCUT2D eigenvalue weighted by molar-refractivity contribution is 6.07. The van der Waals surface area contributed by atoms with Crippen LogP contribution in [0.1, 0.15) is 57.9 Å². The fraction of sp³-hybridized carbons (Fsp3) is 0.379. The Morgan fingerprint density at radius 2 is 1.74 bits per heavy atom. The fourth-order valence-corrected chi connectivity index (χ4v) is 4.70. The van der Waals surface area contributed by atoms with Crippen LogP contribution in [0.5, 0.6) is 5.75 Å². The Morgan fingerprint density at radius 1 is 1.05 bits per heavy atom. The normalized spacial score (nSPS) is 16.6. The Balaban J connectivity index is 1.47. The van der Waals surface area contributed by atoms with E-state index in [0.717, 1.165) is 16.9 Å². The number of aromatic nitrogens is 2. The van der Waals surface area contributed by atoms with E-state index in [1.54, 1.807) is 23.5 Å². The van der Waals surface area contributed by atoms with E-state index in [1.165, 1.54) is 11.9 Å². The van der Waals surface area contributed by atoms with Gasteiger partial charge in [0.15, 0.2) is 5.69 Å². The molecule has 2 N–H and O–H groups in total. The Morgan fingerprint density at radius 3 is 2.39 bits per heavy atom. The molecule has 0 saturated carbocycles. The number of hydrogen-bond donors (Lipinski definition) is 2. The first-order valence-electron chi connectivity index (χ1n) is 12.9. The van der Waals surface area contributed by atoms with Gasteiger partial charge in [-0.1, -0.05) is 48.9 Å². The van der Waals surface area contributed by atoms with Crippen LogP contribution in [0.25, 0.3) is 0 Å². The summed E-state index contributed by atoms with van der Waals surface area (Å²) >= 11 is 0. The van der Waals surface area contributed by atoms with Gasteiger partial charge in [0.25, 0.3) is 11.8 Å². The number of nitrogens with one attached hydrogen (secondary N) is 2. The minimum Gasteiger partial charge on any atom is -0.497 e. The van der Waals surface area contributed by atoms with Crippen molar-refractivity contribution in [2.75, 3.05) is 20.2 Å². The lowest BCUT2D eigenvalue weighted by molar-refractivity contribution is -0.133. The maximum absolute atomic E-state index is 13.7. The monoisotopic (exact) mass is 517 g/mol. The summed E-state index contributed by atoms with van der Waals surface area (Å²) in [7, 11) is 1.60. The van der Waals surface area contributed by atoms with Crippen molar-refractivity contribution in [2.45, 2.75) is 52.2 Å². The molecule has 0 radical (unpaired) electrons. The van der Waals surface area contributed by atoms with Crippen LogP contribution in [0, 0.1) is 6.92 Å². The van der Waals surface area contributed by atoms with Crippen molar-refractivity contribution in [3.63, 3.8) is 0 Å². The molecule has 0 fully saturated rings. The summed E-state index contributed by atoms with van der Waals surface area (Å²) in [6.45, 7) is 7.06. The zero-order chi connectivity index (χ0) is 27.3. The number of aryl methyl sites for hydroxylation is 1. The van der Waals surface area contributed by atoms with Gasteiger partial charge in [0.1, 0.15) is 17.0 Å². The third-order valence-electron chi connectivity index (χ3n) is 6.94. The average Bonchev–Trinajstić information content (AvgIpc) is 3.34. The highest BCUT2D eigenvalue weighted by atomic mass is 16.5. The van der Waals surface area contributed by atoms with Crippen LogP contribution in [-0.4, -0.2) is 57.9 Å². The molecule has 0 spiro atoms. The standard InChI is InChI=1S/C29H35N5O4/c1-5-16-34-27(36)25-24(26(35)30-15-14-21-8-6-20(2)7-9-21)32-19-33(25)18-29(34,3)28(37)31-17-22-10-12-23(38-4)13-11-22/h6-13,19H,5,14-18H2,1-4H3,(H,30,35)(H,31,37)/t29-/m0/s1. The molecular weight excluding hydrogens is 482 g/mol. The third-order valence-corrected chi connectivity index (χ3v) is 6.94. The van der Waals surface area contributed by atoms with Crippen LogP contribution in [0.15, 0.2) is 54.9 Å². The van der Waals surface area contributed by atoms with Gasteiger partial charge in [0.05, 0.1) is 20.0 Å². The zero-order valence-corrected chi connectivity index (χ0v) is 22.4. The minimum absolute atomic E-state index is 0.0840. The highest BCUT2D eigenvalue weighted by Crippen LogP contribution is 2.29. The highest BCUT2D eigenvalue weighted by Gasteiger charge is 2.48. The smallest absolute Gasteiger partial charge is 0.273 e. The van der Waals surface area contributed by atoms with Crippen LogP contribution < -0.4 is 15.4 Å². The van der Waals surface area contributed by atoms with Crippen molar-refractivity contribution in [1.82, 2.24) is 25.1 Å². The molecule has 38 heavy (non-hydrogen) atoms. The number of methoxy groups -OCH3 is 1. The molecule has 4 rings (SSSR count). The van der Waals surface area contributed by atoms with E-state index in [0.29, 0.717) is 32.5 Å². The number of benzene rings is 2. The summed E-state index contributed by atoms with van der Waals surface area (Å²) in [5.41, 5.74) is 2.38. The van der Waals surface area contributed by atoms with Gasteiger partial charge in [-0.15, -0.1) is 0 Å².